The molecule has 1 unspecified atom stereocenters. The molecule has 4 nitrogen and oxygen atoms in total. The van der Waals surface area contributed by atoms with Crippen LogP contribution in [-0.4, -0.2) is 42.3 Å². The van der Waals surface area contributed by atoms with E-state index in [1.165, 1.54) is 0 Å². The highest BCUT2D eigenvalue weighted by Crippen LogP contribution is 2.64. The molecule has 4 saturated carbocycles. The zero-order chi connectivity index (χ0) is 22.1. The minimum Gasteiger partial charge on any atom is -0.375 e. The second-order valence-corrected chi connectivity index (χ2v) is 11.1. The minimum atomic E-state index is -6.63. The lowest BCUT2D eigenvalue weighted by Crippen LogP contribution is -2.60. The van der Waals surface area contributed by atoms with Gasteiger partial charge >= 0.3 is 21.5 Å². The summed E-state index contributed by atoms with van der Waals surface area (Å²) >= 11 is 0. The summed E-state index contributed by atoms with van der Waals surface area (Å²) in [4.78, 5) is 0. The molecule has 170 valence electrons. The summed E-state index contributed by atoms with van der Waals surface area (Å²) in [5, 5.41) is -6.05. The van der Waals surface area contributed by atoms with Gasteiger partial charge in [0.1, 0.15) is 0 Å². The van der Waals surface area contributed by atoms with Crippen LogP contribution in [-0.2, 0) is 14.9 Å². The fourth-order valence-corrected chi connectivity index (χ4v) is 6.73. The Balaban J connectivity index is 1.76. The van der Waals surface area contributed by atoms with Crippen LogP contribution in [0.4, 0.5) is 26.3 Å². The number of rotatable bonds is 7. The van der Waals surface area contributed by atoms with Gasteiger partial charge in [0.2, 0.25) is 0 Å². The van der Waals surface area contributed by atoms with Crippen LogP contribution >= 0.6 is 0 Å². The minimum absolute atomic E-state index is 0.315. The molecule has 0 spiro atoms. The Labute approximate surface area is 166 Å². The van der Waals surface area contributed by atoms with E-state index >= 15 is 0 Å². The monoisotopic (exact) mass is 452 g/mol. The number of alkyl halides is 6. The molecule has 0 aromatic heterocycles. The van der Waals surface area contributed by atoms with Crippen LogP contribution in [0.3, 0.4) is 0 Å². The Morgan fingerprint density at radius 1 is 0.931 bits per heavy atom. The van der Waals surface area contributed by atoms with Gasteiger partial charge in [0.15, 0.2) is 0 Å². The first kappa shape index (κ1) is 23.1. The molecule has 4 aliphatic rings. The van der Waals surface area contributed by atoms with Crippen LogP contribution in [0.15, 0.2) is 0 Å². The summed E-state index contributed by atoms with van der Waals surface area (Å²) in [6.45, 7) is 2.29. The largest absolute Gasteiger partial charge is 0.429 e. The summed E-state index contributed by atoms with van der Waals surface area (Å²) in [5.41, 5.74) is -6.77. The number of hydrogen-bond donors (Lipinski definition) is 1. The van der Waals surface area contributed by atoms with E-state index in [4.69, 9.17) is 9.29 Å². The Morgan fingerprint density at radius 2 is 1.34 bits per heavy atom. The average molecular weight is 452 g/mol. The number of halogens is 6. The summed E-state index contributed by atoms with van der Waals surface area (Å²) in [6, 6.07) is 0. The van der Waals surface area contributed by atoms with Gasteiger partial charge in [-0.3, -0.25) is 4.55 Å². The van der Waals surface area contributed by atoms with E-state index in [-0.39, 0.29) is 5.41 Å². The lowest BCUT2D eigenvalue weighted by atomic mass is 9.46. The van der Waals surface area contributed by atoms with Crippen molar-refractivity contribution in [2.45, 2.75) is 81.5 Å². The molecule has 1 N–H and O–H groups in total. The Hall–Kier alpha value is -0.550. The van der Waals surface area contributed by atoms with Gasteiger partial charge in [-0.1, -0.05) is 0 Å². The molecular weight excluding hydrogens is 426 g/mol. The normalized spacial score (nSPS) is 35.0. The van der Waals surface area contributed by atoms with Crippen molar-refractivity contribution in [2.75, 3.05) is 6.61 Å². The molecule has 0 radical (unpaired) electrons. The summed E-state index contributed by atoms with van der Waals surface area (Å²) < 4.78 is 117. The highest BCUT2D eigenvalue weighted by Gasteiger charge is 2.76. The van der Waals surface area contributed by atoms with E-state index in [0.29, 0.717) is 17.8 Å². The van der Waals surface area contributed by atoms with Crippen LogP contribution in [0.5, 0.6) is 0 Å². The van der Waals surface area contributed by atoms with Gasteiger partial charge in [-0.05, 0) is 75.5 Å². The predicted molar refractivity (Wildman–Crippen MR) is 91.6 cm³/mol. The fourth-order valence-electron chi connectivity index (χ4n) is 6.10. The molecule has 0 aliphatic heterocycles. The molecular formula is C18H26F6O4S. The van der Waals surface area contributed by atoms with Crippen molar-refractivity contribution in [1.82, 2.24) is 0 Å². The highest BCUT2D eigenvalue weighted by atomic mass is 32.2. The van der Waals surface area contributed by atoms with E-state index in [1.807, 2.05) is 0 Å². The highest BCUT2D eigenvalue weighted by molar-refractivity contribution is 7.87. The number of ether oxygens (including phenoxy) is 1. The maximum absolute atomic E-state index is 14.4. The Kier molecular flexibility index (Phi) is 5.36. The van der Waals surface area contributed by atoms with Crippen LogP contribution in [0, 0.1) is 23.2 Å². The molecule has 4 fully saturated rings. The topological polar surface area (TPSA) is 63.6 Å². The molecule has 0 saturated heterocycles. The third-order valence-corrected chi connectivity index (χ3v) is 8.43. The van der Waals surface area contributed by atoms with Crippen molar-refractivity contribution >= 4 is 10.1 Å². The first-order valence-corrected chi connectivity index (χ1v) is 11.1. The van der Waals surface area contributed by atoms with Crippen molar-refractivity contribution in [3.05, 3.63) is 0 Å². The molecule has 4 bridgehead atoms. The fraction of sp³-hybridized carbons (Fsp3) is 1.00. The molecule has 0 heterocycles. The molecule has 29 heavy (non-hydrogen) atoms. The maximum atomic E-state index is 14.4. The first-order valence-electron chi connectivity index (χ1n) is 9.69. The van der Waals surface area contributed by atoms with E-state index in [9.17, 15) is 34.8 Å². The summed E-state index contributed by atoms with van der Waals surface area (Å²) in [5.74, 6) is 1.51. The lowest BCUT2D eigenvalue weighted by Gasteiger charge is -2.62. The second kappa shape index (κ2) is 6.72. The predicted octanol–water partition coefficient (Wildman–Crippen LogP) is 5.14. The quantitative estimate of drug-likeness (QED) is 0.429. The second-order valence-electron chi connectivity index (χ2n) is 9.60. The van der Waals surface area contributed by atoms with Crippen molar-refractivity contribution in [2.24, 2.45) is 23.2 Å². The Morgan fingerprint density at radius 3 is 1.69 bits per heavy atom. The van der Waals surface area contributed by atoms with Crippen molar-refractivity contribution < 1.29 is 44.0 Å². The molecule has 0 amide bonds. The van der Waals surface area contributed by atoms with Gasteiger partial charge in [0.05, 0.1) is 12.2 Å². The van der Waals surface area contributed by atoms with Gasteiger partial charge in [-0.15, -0.1) is 0 Å². The smallest absolute Gasteiger partial charge is 0.375 e. The van der Waals surface area contributed by atoms with Crippen molar-refractivity contribution in [3.63, 3.8) is 0 Å². The molecule has 1 atom stereocenters. The van der Waals surface area contributed by atoms with Crippen LogP contribution in [0.1, 0.15) is 58.8 Å². The van der Waals surface area contributed by atoms with Crippen LogP contribution < -0.4 is 0 Å². The average Bonchev–Trinajstić information content (AvgIpc) is 2.50. The van der Waals surface area contributed by atoms with E-state index in [1.54, 1.807) is 13.8 Å². The van der Waals surface area contributed by atoms with Crippen LogP contribution in [0.25, 0.3) is 0 Å². The van der Waals surface area contributed by atoms with Crippen molar-refractivity contribution in [3.8, 4) is 0 Å². The summed E-state index contributed by atoms with van der Waals surface area (Å²) in [7, 11) is -6.63. The number of hydrogen-bond acceptors (Lipinski definition) is 3. The molecule has 4 aliphatic carbocycles. The van der Waals surface area contributed by atoms with E-state index in [2.05, 4.69) is 0 Å². The maximum Gasteiger partial charge on any atom is 0.429 e. The molecule has 4 rings (SSSR count). The third-order valence-electron chi connectivity index (χ3n) is 7.46. The Bertz CT molecular complexity index is 713. The zero-order valence-electron chi connectivity index (χ0n) is 16.2. The van der Waals surface area contributed by atoms with Gasteiger partial charge in [0.25, 0.3) is 5.67 Å². The first-order chi connectivity index (χ1) is 12.9. The zero-order valence-corrected chi connectivity index (χ0v) is 17.1. The van der Waals surface area contributed by atoms with E-state index in [0.717, 1.165) is 38.5 Å². The SMILES string of the molecule is CC(C)(OCCC(F)(C(F)(F)F)C(F)(F)S(=O)(=O)O)C12CC3CC(CC(C3)C1)C2. The van der Waals surface area contributed by atoms with E-state index < -0.39 is 45.8 Å². The van der Waals surface area contributed by atoms with Gasteiger partial charge in [-0.2, -0.15) is 30.4 Å². The molecule has 11 heteroatoms. The van der Waals surface area contributed by atoms with Gasteiger partial charge in [-0.25, -0.2) is 4.39 Å². The molecule has 0 aromatic rings. The standard InChI is InChI=1S/C18H26F6O4S/c1-14(2,15-8-11-5-12(9-15)7-13(6-11)10-15)28-4-3-16(19,17(20,21)22)18(23,24)29(25,26)27/h11-13H,3-10H2,1-2H3,(H,25,26,27). The third kappa shape index (κ3) is 3.58. The molecule has 0 aromatic carbocycles. The van der Waals surface area contributed by atoms with Gasteiger partial charge < -0.3 is 4.74 Å². The van der Waals surface area contributed by atoms with Gasteiger partial charge in [0, 0.05) is 6.42 Å². The van der Waals surface area contributed by atoms with Crippen molar-refractivity contribution in [1.29, 1.82) is 0 Å². The summed E-state index contributed by atoms with van der Waals surface area (Å²) in [6.07, 6.45) is -2.36. The lowest BCUT2D eigenvalue weighted by molar-refractivity contribution is -0.289. The van der Waals surface area contributed by atoms with Crippen LogP contribution in [0.2, 0.25) is 0 Å².